The summed E-state index contributed by atoms with van der Waals surface area (Å²) in [5.41, 5.74) is -24.0. The number of carboxylic acid groups (broad SMARTS) is 1. The van der Waals surface area contributed by atoms with Gasteiger partial charge in [-0.2, -0.15) is 65.9 Å². The summed E-state index contributed by atoms with van der Waals surface area (Å²) in [4.78, 5) is 10.7. The lowest BCUT2D eigenvalue weighted by Gasteiger charge is -2.41. The van der Waals surface area contributed by atoms with E-state index in [1.54, 1.807) is 0 Å². The number of allylic oxidation sites excluding steroid dienone is 2. The van der Waals surface area contributed by atoms with Crippen molar-refractivity contribution in [2.24, 2.45) is 0 Å². The van der Waals surface area contributed by atoms with Gasteiger partial charge in [0.1, 0.15) is 11.6 Å². The Kier molecular flexibility index (Phi) is 7.84. The molecule has 0 aliphatic heterocycles. The van der Waals surface area contributed by atoms with Crippen molar-refractivity contribution in [1.29, 1.82) is 0 Å². The lowest BCUT2D eigenvalue weighted by atomic mass is 9.79. The van der Waals surface area contributed by atoms with Gasteiger partial charge in [-0.05, 0) is 12.1 Å². The van der Waals surface area contributed by atoms with Crippen molar-refractivity contribution in [3.05, 3.63) is 40.9 Å². The Labute approximate surface area is 189 Å². The second kappa shape index (κ2) is 9.07. The van der Waals surface area contributed by atoms with Crippen molar-refractivity contribution in [2.75, 3.05) is 0 Å². The minimum absolute atomic E-state index is 0.160. The van der Waals surface area contributed by atoms with Gasteiger partial charge < -0.3 is 9.84 Å². The van der Waals surface area contributed by atoms with Gasteiger partial charge in [0, 0.05) is 6.07 Å². The molecule has 3 nitrogen and oxygen atoms in total. The molecule has 0 spiro atoms. The van der Waals surface area contributed by atoms with Crippen molar-refractivity contribution in [3.8, 4) is 5.75 Å². The number of alkyl halides is 17. The van der Waals surface area contributed by atoms with Crippen LogP contribution in [0.25, 0.3) is 0 Å². The van der Waals surface area contributed by atoms with Crippen LogP contribution in [0.3, 0.4) is 0 Å². The number of hydrogen-bond donors (Lipinski definition) is 1. The number of carboxylic acids is 1. The second-order valence-corrected chi connectivity index (χ2v) is 6.56. The van der Waals surface area contributed by atoms with Crippen molar-refractivity contribution in [2.45, 2.75) is 42.2 Å². The smallest absolute Gasteiger partial charge is 0.449 e. The molecule has 0 aliphatic rings. The minimum Gasteiger partial charge on any atom is -0.478 e. The van der Waals surface area contributed by atoms with E-state index >= 15 is 0 Å². The summed E-state index contributed by atoms with van der Waals surface area (Å²) >= 11 is 0. The topological polar surface area (TPSA) is 46.5 Å². The summed E-state index contributed by atoms with van der Waals surface area (Å²) in [5, 5.41) is 8.56. The molecule has 0 radical (unpaired) electrons. The fraction of sp³-hybridized carbons (Fsp3) is 0.438. The number of rotatable bonds is 5. The van der Waals surface area contributed by atoms with Gasteiger partial charge in [0.2, 0.25) is 5.76 Å². The summed E-state index contributed by atoms with van der Waals surface area (Å²) in [6.45, 7) is 0. The Morgan fingerprint density at radius 3 is 1.24 bits per heavy atom. The first-order valence-electron chi connectivity index (χ1n) is 8.23. The molecule has 0 saturated heterocycles. The van der Waals surface area contributed by atoms with Crippen LogP contribution in [0.1, 0.15) is 10.4 Å². The van der Waals surface area contributed by atoms with Crippen molar-refractivity contribution in [1.82, 2.24) is 0 Å². The molecule has 0 fully saturated rings. The Bertz CT molecular complexity index is 985. The molecular formula is C16H4F18O3. The van der Waals surface area contributed by atoms with E-state index in [9.17, 15) is 83.8 Å². The molecule has 0 atom stereocenters. The summed E-state index contributed by atoms with van der Waals surface area (Å²) < 4.78 is 243. The molecule has 0 unspecified atom stereocenters. The van der Waals surface area contributed by atoms with E-state index in [-0.39, 0.29) is 12.1 Å². The van der Waals surface area contributed by atoms with E-state index in [1.807, 2.05) is 0 Å². The van der Waals surface area contributed by atoms with E-state index in [0.717, 1.165) is 0 Å². The Morgan fingerprint density at radius 1 is 0.649 bits per heavy atom. The molecule has 37 heavy (non-hydrogen) atoms. The summed E-state index contributed by atoms with van der Waals surface area (Å²) in [6.07, 6.45) is -40.2. The van der Waals surface area contributed by atoms with Gasteiger partial charge in [-0.3, -0.25) is 0 Å². The maximum absolute atomic E-state index is 14.5. The predicted octanol–water partition coefficient (Wildman–Crippen LogP) is 7.38. The Hall–Kier alpha value is -3.03. The Morgan fingerprint density at radius 2 is 1.00 bits per heavy atom. The van der Waals surface area contributed by atoms with Gasteiger partial charge in [0.05, 0.1) is 11.1 Å². The van der Waals surface area contributed by atoms with Gasteiger partial charge in [-0.15, -0.1) is 0 Å². The zero-order chi connectivity index (χ0) is 29.8. The largest absolute Gasteiger partial charge is 0.478 e. The first-order valence-corrected chi connectivity index (χ1v) is 8.23. The monoisotopic (exact) mass is 586 g/mol. The molecule has 1 aromatic carbocycles. The first kappa shape index (κ1) is 32.0. The fourth-order valence-electron chi connectivity index (χ4n) is 2.54. The van der Waals surface area contributed by atoms with E-state index in [0.29, 0.717) is 0 Å². The van der Waals surface area contributed by atoms with Crippen LogP contribution in [-0.2, 0) is 0 Å². The van der Waals surface area contributed by atoms with Crippen molar-refractivity contribution in [3.63, 3.8) is 0 Å². The van der Waals surface area contributed by atoms with Crippen LogP contribution in [0.15, 0.2) is 29.5 Å². The average molecular weight is 586 g/mol. The third-order valence-corrected chi connectivity index (χ3v) is 4.13. The van der Waals surface area contributed by atoms with Crippen molar-refractivity contribution < 1.29 is 93.7 Å². The number of carbonyl (C=O) groups is 1. The molecule has 1 rings (SSSR count). The van der Waals surface area contributed by atoms with Crippen LogP contribution < -0.4 is 4.74 Å². The van der Waals surface area contributed by atoms with E-state index in [4.69, 9.17) is 5.11 Å². The highest BCUT2D eigenvalue weighted by Gasteiger charge is 2.88. The molecule has 0 amide bonds. The normalized spacial score (nSPS) is 14.4. The third kappa shape index (κ3) is 5.48. The highest BCUT2D eigenvalue weighted by molar-refractivity contribution is 5.88. The molecule has 21 heteroatoms. The van der Waals surface area contributed by atoms with E-state index < -0.39 is 82.7 Å². The number of ether oxygens (including phenoxy) is 1. The molecule has 0 bridgehead atoms. The zero-order valence-corrected chi connectivity index (χ0v) is 16.3. The lowest BCUT2D eigenvalue weighted by Crippen LogP contribution is -2.67. The predicted molar refractivity (Wildman–Crippen MR) is 79.0 cm³/mol. The van der Waals surface area contributed by atoms with Gasteiger partial charge in [0.25, 0.3) is 0 Å². The van der Waals surface area contributed by atoms with Crippen LogP contribution in [-0.4, -0.2) is 53.3 Å². The second-order valence-electron chi connectivity index (χ2n) is 6.56. The van der Waals surface area contributed by atoms with Gasteiger partial charge >= 0.3 is 48.2 Å². The van der Waals surface area contributed by atoms with Crippen LogP contribution in [0.5, 0.6) is 5.75 Å². The number of benzene rings is 1. The first-order chi connectivity index (χ1) is 16.0. The summed E-state index contributed by atoms with van der Waals surface area (Å²) in [7, 11) is 0. The molecule has 0 heterocycles. The number of aromatic carboxylic acids is 1. The van der Waals surface area contributed by atoms with Crippen LogP contribution in [0.2, 0.25) is 0 Å². The average Bonchev–Trinajstić information content (AvgIpc) is 2.62. The quantitative estimate of drug-likeness (QED) is 0.290. The molecule has 0 aliphatic carbocycles. The van der Waals surface area contributed by atoms with E-state index in [1.165, 1.54) is 0 Å². The highest BCUT2D eigenvalue weighted by Crippen LogP contribution is 2.63. The van der Waals surface area contributed by atoms with Crippen LogP contribution in [0, 0.1) is 5.82 Å². The van der Waals surface area contributed by atoms with E-state index in [2.05, 4.69) is 4.74 Å². The third-order valence-electron chi connectivity index (χ3n) is 4.13. The van der Waals surface area contributed by atoms with Gasteiger partial charge in [-0.25, -0.2) is 18.0 Å². The zero-order valence-electron chi connectivity index (χ0n) is 16.3. The number of hydrogen-bond acceptors (Lipinski definition) is 2. The molecule has 0 saturated carbocycles. The standard InChI is InChI=1S/C16H4F18O3/c17-6-3-4(1-2-5(6)9(35)36)37-8(12(20,21)22)7(10(18,13(23,24)25)14(26,27)28)11(19,15(29,30)31)16(32,33)34/h1-3H,(H,35,36). The lowest BCUT2D eigenvalue weighted by molar-refractivity contribution is -0.365. The fourth-order valence-corrected chi connectivity index (χ4v) is 2.54. The van der Waals surface area contributed by atoms with Crippen molar-refractivity contribution >= 4 is 5.97 Å². The SMILES string of the molecule is O=C(O)c1ccc(OC(=C(C(F)(C(F)(F)F)C(F)(F)F)C(F)(C(F)(F)F)C(F)(F)F)C(F)(F)F)cc1F. The summed E-state index contributed by atoms with van der Waals surface area (Å²) in [6, 6.07) is -1.14. The number of halogens is 18. The van der Waals surface area contributed by atoms with Crippen LogP contribution >= 0.6 is 0 Å². The molecule has 1 N–H and O–H groups in total. The molecule has 0 aromatic heterocycles. The molecule has 212 valence electrons. The Balaban J connectivity index is 4.50. The van der Waals surface area contributed by atoms with Gasteiger partial charge in [0.15, 0.2) is 0 Å². The minimum atomic E-state index is -8.38. The van der Waals surface area contributed by atoms with Crippen LogP contribution in [0.4, 0.5) is 79.0 Å². The summed E-state index contributed by atoms with van der Waals surface area (Å²) in [5.74, 6) is -11.5. The molecule has 1 aromatic rings. The van der Waals surface area contributed by atoms with Gasteiger partial charge in [-0.1, -0.05) is 0 Å². The maximum atomic E-state index is 14.5. The maximum Gasteiger partial charge on any atom is 0.449 e. The molecular weight excluding hydrogens is 582 g/mol. The highest BCUT2D eigenvalue weighted by atomic mass is 19.4.